The van der Waals surface area contributed by atoms with Crippen molar-refractivity contribution in [1.82, 2.24) is 4.90 Å². The molecule has 3 rings (SSSR count). The number of rotatable bonds is 4. The number of nitrogens with zero attached hydrogens (tertiary/aromatic N) is 1. The minimum Gasteiger partial charge on any atom is -0.504 e. The van der Waals surface area contributed by atoms with Gasteiger partial charge in [0.1, 0.15) is 0 Å². The Kier molecular flexibility index (Phi) is 5.11. The lowest BCUT2D eigenvalue weighted by molar-refractivity contribution is 0.170. The molecule has 0 radical (unpaired) electrons. The van der Waals surface area contributed by atoms with Crippen molar-refractivity contribution in [3.05, 3.63) is 60.2 Å². The van der Waals surface area contributed by atoms with Gasteiger partial charge in [-0.1, -0.05) is 36.0 Å². The fourth-order valence-electron chi connectivity index (χ4n) is 3.26. The monoisotopic (exact) mass is 355 g/mol. The van der Waals surface area contributed by atoms with Crippen LogP contribution in [0.5, 0.6) is 11.5 Å². The summed E-state index contributed by atoms with van der Waals surface area (Å²) in [5.41, 5.74) is 2.20. The summed E-state index contributed by atoms with van der Waals surface area (Å²) in [6.07, 6.45) is 3.68. The van der Waals surface area contributed by atoms with E-state index in [2.05, 4.69) is 25.3 Å². The molecule has 4 heteroatoms. The van der Waals surface area contributed by atoms with E-state index >= 15 is 0 Å². The van der Waals surface area contributed by atoms with E-state index in [4.69, 9.17) is 0 Å². The minimum absolute atomic E-state index is 0.0102. The number of aromatic hydroxyl groups is 2. The van der Waals surface area contributed by atoms with Crippen LogP contribution in [0.4, 0.5) is 0 Å². The Morgan fingerprint density at radius 2 is 1.80 bits per heavy atom. The Hall–Kier alpha value is -1.91. The van der Waals surface area contributed by atoms with Gasteiger partial charge in [-0.3, -0.25) is 4.90 Å². The number of benzene rings is 2. The van der Waals surface area contributed by atoms with Gasteiger partial charge in [-0.15, -0.1) is 6.58 Å². The molecule has 0 saturated heterocycles. The van der Waals surface area contributed by atoms with Crippen LogP contribution < -0.4 is 0 Å². The molecule has 25 heavy (non-hydrogen) atoms. The highest BCUT2D eigenvalue weighted by atomic mass is 32.2. The summed E-state index contributed by atoms with van der Waals surface area (Å²) in [6, 6.07) is 11.7. The molecular weight excluding hydrogens is 330 g/mol. The van der Waals surface area contributed by atoms with E-state index in [0.29, 0.717) is 0 Å². The molecule has 0 unspecified atom stereocenters. The Bertz CT molecular complexity index is 771. The van der Waals surface area contributed by atoms with Gasteiger partial charge in [-0.2, -0.15) is 0 Å². The van der Waals surface area contributed by atoms with Gasteiger partial charge in [0.05, 0.1) is 4.90 Å². The molecule has 132 valence electrons. The van der Waals surface area contributed by atoms with Crippen molar-refractivity contribution in [1.29, 1.82) is 0 Å². The summed E-state index contributed by atoms with van der Waals surface area (Å²) in [5.74, 6) is -0.0438. The average Bonchev–Trinajstić information content (AvgIpc) is 2.83. The summed E-state index contributed by atoms with van der Waals surface area (Å²) < 4.78 is 0. The zero-order chi connectivity index (χ0) is 18.0. The van der Waals surface area contributed by atoms with E-state index in [1.54, 1.807) is 6.07 Å². The molecule has 2 N–H and O–H groups in total. The second-order valence-electron chi connectivity index (χ2n) is 6.97. The van der Waals surface area contributed by atoms with Crippen LogP contribution in [-0.2, 0) is 12.8 Å². The molecule has 0 amide bonds. The van der Waals surface area contributed by atoms with Crippen LogP contribution in [0.25, 0.3) is 0 Å². The molecule has 3 nitrogen and oxygen atoms in total. The highest BCUT2D eigenvalue weighted by molar-refractivity contribution is 7.99. The van der Waals surface area contributed by atoms with Crippen molar-refractivity contribution >= 4 is 11.8 Å². The zero-order valence-corrected chi connectivity index (χ0v) is 15.6. The van der Waals surface area contributed by atoms with E-state index in [1.165, 1.54) is 11.8 Å². The smallest absolute Gasteiger partial charge is 0.171 e. The number of phenols is 2. The van der Waals surface area contributed by atoms with Crippen molar-refractivity contribution < 1.29 is 10.2 Å². The molecule has 0 aliphatic carbocycles. The first kappa shape index (κ1) is 17.9. The van der Waals surface area contributed by atoms with E-state index in [0.717, 1.165) is 46.8 Å². The summed E-state index contributed by atoms with van der Waals surface area (Å²) in [6.45, 7) is 10.1. The van der Waals surface area contributed by atoms with E-state index in [-0.39, 0.29) is 17.0 Å². The molecule has 0 atom stereocenters. The Morgan fingerprint density at radius 3 is 2.48 bits per heavy atom. The van der Waals surface area contributed by atoms with Gasteiger partial charge in [-0.05, 0) is 56.0 Å². The van der Waals surface area contributed by atoms with Gasteiger partial charge in [0.15, 0.2) is 11.5 Å². The molecule has 0 aromatic heterocycles. The third kappa shape index (κ3) is 3.70. The standard InChI is InChI=1S/C21H25NO2S/c1-4-21(2,3)22-12-10-15-14-18(23)19(24)20(17(15)11-13-22)25-16-8-6-5-7-9-16/h4-9,14,23-24H,1,10-13H2,2-3H3. The number of hydrogen-bond acceptors (Lipinski definition) is 4. The molecule has 2 aromatic carbocycles. The normalized spacial score (nSPS) is 15.4. The lowest BCUT2D eigenvalue weighted by Crippen LogP contribution is -2.43. The fourth-order valence-corrected chi connectivity index (χ4v) is 4.34. The molecule has 1 aliphatic rings. The molecule has 1 heterocycles. The third-order valence-electron chi connectivity index (χ3n) is 4.99. The molecule has 2 aromatic rings. The first-order valence-corrected chi connectivity index (χ1v) is 9.42. The van der Waals surface area contributed by atoms with Crippen LogP contribution in [0.3, 0.4) is 0 Å². The Labute approximate surface area is 154 Å². The maximum absolute atomic E-state index is 10.5. The summed E-state index contributed by atoms with van der Waals surface area (Å²) in [5, 5.41) is 20.7. The van der Waals surface area contributed by atoms with Gasteiger partial charge >= 0.3 is 0 Å². The second-order valence-corrected chi connectivity index (χ2v) is 8.05. The minimum atomic E-state index is -0.0706. The maximum Gasteiger partial charge on any atom is 0.171 e. The quantitative estimate of drug-likeness (QED) is 0.621. The van der Waals surface area contributed by atoms with E-state index < -0.39 is 0 Å². The van der Waals surface area contributed by atoms with Crippen molar-refractivity contribution in [2.75, 3.05) is 13.1 Å². The van der Waals surface area contributed by atoms with Crippen LogP contribution in [0, 0.1) is 0 Å². The third-order valence-corrected chi connectivity index (χ3v) is 6.14. The van der Waals surface area contributed by atoms with Crippen molar-refractivity contribution in [2.45, 2.75) is 42.0 Å². The van der Waals surface area contributed by atoms with Gasteiger partial charge in [0.25, 0.3) is 0 Å². The van der Waals surface area contributed by atoms with Crippen LogP contribution in [-0.4, -0.2) is 33.7 Å². The number of phenolic OH excluding ortho intramolecular Hbond substituents is 2. The number of hydrogen-bond donors (Lipinski definition) is 2. The highest BCUT2D eigenvalue weighted by Gasteiger charge is 2.28. The van der Waals surface area contributed by atoms with E-state index in [9.17, 15) is 10.2 Å². The Morgan fingerprint density at radius 1 is 1.12 bits per heavy atom. The van der Waals surface area contributed by atoms with E-state index in [1.807, 2.05) is 36.4 Å². The topological polar surface area (TPSA) is 43.7 Å². The highest BCUT2D eigenvalue weighted by Crippen LogP contribution is 2.44. The summed E-state index contributed by atoms with van der Waals surface area (Å²) >= 11 is 1.52. The van der Waals surface area contributed by atoms with Crippen LogP contribution in [0.2, 0.25) is 0 Å². The molecule has 0 saturated carbocycles. The SMILES string of the molecule is C=CC(C)(C)N1CCc2cc(O)c(O)c(Sc3ccccc3)c2CC1. The molecule has 0 spiro atoms. The maximum atomic E-state index is 10.5. The first-order valence-electron chi connectivity index (χ1n) is 8.60. The number of fused-ring (bicyclic) bond motifs is 1. The Balaban J connectivity index is 1.97. The molecule has 0 fully saturated rings. The summed E-state index contributed by atoms with van der Waals surface area (Å²) in [4.78, 5) is 4.24. The fraction of sp³-hybridized carbons (Fsp3) is 0.333. The zero-order valence-electron chi connectivity index (χ0n) is 14.8. The van der Waals surface area contributed by atoms with Crippen LogP contribution >= 0.6 is 11.8 Å². The van der Waals surface area contributed by atoms with Gasteiger partial charge < -0.3 is 10.2 Å². The lowest BCUT2D eigenvalue weighted by atomic mass is 10.0. The summed E-state index contributed by atoms with van der Waals surface area (Å²) in [7, 11) is 0. The second kappa shape index (κ2) is 7.14. The molecule has 0 bridgehead atoms. The van der Waals surface area contributed by atoms with Crippen LogP contribution in [0.15, 0.2) is 58.8 Å². The average molecular weight is 356 g/mol. The predicted octanol–water partition coefficient (Wildman–Crippen LogP) is 4.61. The van der Waals surface area contributed by atoms with Crippen LogP contribution in [0.1, 0.15) is 25.0 Å². The van der Waals surface area contributed by atoms with Gasteiger partial charge in [0.2, 0.25) is 0 Å². The van der Waals surface area contributed by atoms with Crippen molar-refractivity contribution in [3.8, 4) is 11.5 Å². The lowest BCUT2D eigenvalue weighted by Gasteiger charge is -2.35. The van der Waals surface area contributed by atoms with Gasteiger partial charge in [-0.25, -0.2) is 0 Å². The predicted molar refractivity (Wildman–Crippen MR) is 104 cm³/mol. The van der Waals surface area contributed by atoms with Gasteiger partial charge in [0, 0.05) is 23.5 Å². The molecule has 1 aliphatic heterocycles. The first-order chi connectivity index (χ1) is 11.9. The van der Waals surface area contributed by atoms with Crippen molar-refractivity contribution in [2.24, 2.45) is 0 Å². The van der Waals surface area contributed by atoms with Crippen molar-refractivity contribution in [3.63, 3.8) is 0 Å². The molecular formula is C21H25NO2S. The largest absolute Gasteiger partial charge is 0.504 e.